The molecule has 1 heterocycles. The molecule has 0 aliphatic carbocycles. The van der Waals surface area contributed by atoms with Gasteiger partial charge in [0.25, 0.3) is 0 Å². The molecule has 2 aromatic rings. The summed E-state index contributed by atoms with van der Waals surface area (Å²) in [4.78, 5) is 12.4. The monoisotopic (exact) mass is 372 g/mol. The highest BCUT2D eigenvalue weighted by molar-refractivity contribution is 5.93. The van der Waals surface area contributed by atoms with Gasteiger partial charge in [0.15, 0.2) is 0 Å². The van der Waals surface area contributed by atoms with Crippen LogP contribution in [0.4, 0.5) is 11.4 Å². The molecular formula is C17H26Cl2N4O. The molecule has 24 heavy (non-hydrogen) atoms. The minimum atomic E-state index is -0.137. The number of aryl methyl sites for hydroxylation is 3. The first-order valence-electron chi connectivity index (χ1n) is 7.45. The molecule has 134 valence electrons. The van der Waals surface area contributed by atoms with Crippen molar-refractivity contribution in [2.24, 2.45) is 13.0 Å². The van der Waals surface area contributed by atoms with E-state index in [9.17, 15) is 4.79 Å². The van der Waals surface area contributed by atoms with Gasteiger partial charge in [0.1, 0.15) is 0 Å². The number of hydrogen-bond acceptors (Lipinski definition) is 3. The number of aromatic nitrogens is 2. The van der Waals surface area contributed by atoms with Crippen LogP contribution in [0.3, 0.4) is 0 Å². The van der Waals surface area contributed by atoms with Gasteiger partial charge in [0.05, 0.1) is 5.69 Å². The van der Waals surface area contributed by atoms with Gasteiger partial charge in [-0.3, -0.25) is 9.48 Å². The second kappa shape index (κ2) is 8.94. The van der Waals surface area contributed by atoms with Crippen LogP contribution in [0.15, 0.2) is 18.2 Å². The van der Waals surface area contributed by atoms with E-state index in [0.717, 1.165) is 28.2 Å². The predicted molar refractivity (Wildman–Crippen MR) is 104 cm³/mol. The molecular weight excluding hydrogens is 347 g/mol. The molecule has 0 bridgehead atoms. The number of rotatable bonds is 4. The van der Waals surface area contributed by atoms with Gasteiger partial charge in [-0.1, -0.05) is 13.0 Å². The van der Waals surface area contributed by atoms with Crippen LogP contribution in [0.25, 0.3) is 0 Å². The first kappa shape index (κ1) is 22.3. The largest absolute Gasteiger partial charge is 0.399 e. The second-order valence-corrected chi connectivity index (χ2v) is 5.94. The number of benzene rings is 1. The van der Waals surface area contributed by atoms with Gasteiger partial charge in [-0.15, -0.1) is 24.8 Å². The van der Waals surface area contributed by atoms with Crippen molar-refractivity contribution in [2.75, 3.05) is 11.1 Å². The zero-order valence-corrected chi connectivity index (χ0v) is 16.3. The number of anilines is 2. The molecule has 7 heteroatoms. The minimum absolute atomic E-state index is 0. The Hall–Kier alpha value is -1.72. The topological polar surface area (TPSA) is 72.9 Å². The Labute approximate surface area is 155 Å². The summed E-state index contributed by atoms with van der Waals surface area (Å²) in [7, 11) is 1.92. The van der Waals surface area contributed by atoms with Crippen LogP contribution in [0.2, 0.25) is 0 Å². The van der Waals surface area contributed by atoms with E-state index in [1.54, 1.807) is 6.07 Å². The molecule has 1 aromatic carbocycles. The van der Waals surface area contributed by atoms with Gasteiger partial charge in [-0.2, -0.15) is 5.10 Å². The lowest BCUT2D eigenvalue weighted by Gasteiger charge is -2.14. The van der Waals surface area contributed by atoms with Gasteiger partial charge in [-0.05, 0) is 50.5 Å². The van der Waals surface area contributed by atoms with E-state index in [1.165, 1.54) is 0 Å². The van der Waals surface area contributed by atoms with E-state index in [4.69, 9.17) is 5.73 Å². The minimum Gasteiger partial charge on any atom is -0.399 e. The van der Waals surface area contributed by atoms with Crippen LogP contribution in [0.5, 0.6) is 0 Å². The van der Waals surface area contributed by atoms with Crippen molar-refractivity contribution in [3.8, 4) is 0 Å². The van der Waals surface area contributed by atoms with Gasteiger partial charge < -0.3 is 11.1 Å². The van der Waals surface area contributed by atoms with Crippen LogP contribution >= 0.6 is 24.8 Å². The summed E-state index contributed by atoms with van der Waals surface area (Å²) >= 11 is 0. The van der Waals surface area contributed by atoms with E-state index in [2.05, 4.69) is 10.4 Å². The summed E-state index contributed by atoms with van der Waals surface area (Å²) in [6.07, 6.45) is 0.679. The lowest BCUT2D eigenvalue weighted by atomic mass is 9.98. The number of carbonyl (C=O) groups is 1. The number of hydrogen-bond donors (Lipinski definition) is 2. The number of nitrogen functional groups attached to an aromatic ring is 1. The van der Waals surface area contributed by atoms with Crippen LogP contribution in [-0.4, -0.2) is 15.7 Å². The van der Waals surface area contributed by atoms with Crippen molar-refractivity contribution >= 4 is 42.1 Å². The van der Waals surface area contributed by atoms with E-state index in [0.29, 0.717) is 12.1 Å². The third-order valence-corrected chi connectivity index (χ3v) is 4.14. The maximum Gasteiger partial charge on any atom is 0.227 e. The molecule has 0 fully saturated rings. The van der Waals surface area contributed by atoms with E-state index in [-0.39, 0.29) is 36.6 Å². The third-order valence-electron chi connectivity index (χ3n) is 4.14. The summed E-state index contributed by atoms with van der Waals surface area (Å²) < 4.78 is 1.86. The van der Waals surface area contributed by atoms with Crippen molar-refractivity contribution in [1.82, 2.24) is 9.78 Å². The summed E-state index contributed by atoms with van der Waals surface area (Å²) in [5.74, 6) is -0.140. The smallest absolute Gasteiger partial charge is 0.227 e. The normalized spacial score (nSPS) is 11.2. The maximum absolute atomic E-state index is 12.4. The Kier molecular flexibility index (Phi) is 8.30. The number of nitrogens with two attached hydrogens (primary N) is 1. The molecule has 5 nitrogen and oxygen atoms in total. The van der Waals surface area contributed by atoms with Crippen LogP contribution in [0.1, 0.15) is 29.4 Å². The summed E-state index contributed by atoms with van der Waals surface area (Å²) in [6.45, 7) is 7.90. The summed E-state index contributed by atoms with van der Waals surface area (Å²) in [5.41, 5.74) is 11.4. The van der Waals surface area contributed by atoms with Crippen molar-refractivity contribution in [3.63, 3.8) is 0 Å². The molecule has 0 aliphatic rings. The van der Waals surface area contributed by atoms with Gasteiger partial charge >= 0.3 is 0 Å². The lowest BCUT2D eigenvalue weighted by molar-refractivity contribution is -0.119. The molecule has 0 aliphatic heterocycles. The first-order chi connectivity index (χ1) is 10.3. The van der Waals surface area contributed by atoms with E-state index >= 15 is 0 Å². The fourth-order valence-electron chi connectivity index (χ4n) is 2.54. The lowest BCUT2D eigenvalue weighted by Crippen LogP contribution is -2.23. The molecule has 2 rings (SSSR count). The number of nitrogens with zero attached hydrogens (tertiary/aromatic N) is 2. The fraction of sp³-hybridized carbons (Fsp3) is 0.412. The first-order valence-corrected chi connectivity index (χ1v) is 7.45. The van der Waals surface area contributed by atoms with Gasteiger partial charge in [0, 0.05) is 30.0 Å². The van der Waals surface area contributed by atoms with Gasteiger partial charge in [-0.25, -0.2) is 0 Å². The molecule has 1 unspecified atom stereocenters. The molecule has 1 amide bonds. The highest BCUT2D eigenvalue weighted by atomic mass is 35.5. The number of amides is 1. The standard InChI is InChI=1S/C17H24N4O.2ClH/c1-10-6-7-14(18)9-16(10)19-17(22)11(2)8-15-12(3)20-21(5)13(15)4;;/h6-7,9,11H,8,18H2,1-5H3,(H,19,22);2*1H. The summed E-state index contributed by atoms with van der Waals surface area (Å²) in [6, 6.07) is 5.53. The van der Waals surface area contributed by atoms with Crippen molar-refractivity contribution < 1.29 is 4.79 Å². The number of halogens is 2. The van der Waals surface area contributed by atoms with E-state index < -0.39 is 0 Å². The Morgan fingerprint density at radius 1 is 1.29 bits per heavy atom. The Morgan fingerprint density at radius 3 is 2.46 bits per heavy atom. The third kappa shape index (κ3) is 4.89. The van der Waals surface area contributed by atoms with Crippen molar-refractivity contribution in [2.45, 2.75) is 34.1 Å². The highest BCUT2D eigenvalue weighted by Gasteiger charge is 2.19. The Morgan fingerprint density at radius 2 is 1.92 bits per heavy atom. The Balaban J connectivity index is 0.00000264. The maximum atomic E-state index is 12.4. The van der Waals surface area contributed by atoms with Crippen LogP contribution in [0, 0.1) is 26.7 Å². The molecule has 0 spiro atoms. The van der Waals surface area contributed by atoms with Crippen LogP contribution < -0.4 is 11.1 Å². The molecule has 0 saturated heterocycles. The SMILES string of the molecule is Cc1ccc(N)cc1NC(=O)C(C)Cc1c(C)nn(C)c1C.Cl.Cl. The zero-order chi connectivity index (χ0) is 16.4. The Bertz CT molecular complexity index is 713. The molecule has 0 saturated carbocycles. The number of nitrogens with one attached hydrogen (secondary N) is 1. The average Bonchev–Trinajstić information content (AvgIpc) is 2.69. The molecule has 1 atom stereocenters. The highest BCUT2D eigenvalue weighted by Crippen LogP contribution is 2.21. The molecule has 0 radical (unpaired) electrons. The van der Waals surface area contributed by atoms with Gasteiger partial charge in [0.2, 0.25) is 5.91 Å². The number of carbonyl (C=O) groups excluding carboxylic acids is 1. The quantitative estimate of drug-likeness (QED) is 0.805. The van der Waals surface area contributed by atoms with Crippen molar-refractivity contribution in [1.29, 1.82) is 0 Å². The predicted octanol–water partition coefficient (Wildman–Crippen LogP) is 3.59. The zero-order valence-electron chi connectivity index (χ0n) is 14.7. The van der Waals surface area contributed by atoms with Crippen molar-refractivity contribution in [3.05, 3.63) is 40.7 Å². The molecule has 3 N–H and O–H groups in total. The summed E-state index contributed by atoms with van der Waals surface area (Å²) in [5, 5.41) is 7.37. The van der Waals surface area contributed by atoms with E-state index in [1.807, 2.05) is 51.6 Å². The molecule has 1 aromatic heterocycles. The fourth-order valence-corrected chi connectivity index (χ4v) is 2.54. The van der Waals surface area contributed by atoms with Crippen LogP contribution in [-0.2, 0) is 18.3 Å². The average molecular weight is 373 g/mol. The second-order valence-electron chi connectivity index (χ2n) is 5.94.